The standard InChI is InChI=1S/C28H23ClN2O6S/c1-4-37-18-10-11-19-22(14-18)38-28(30-19)31-24(16-7-12-20(35-2)21(13-16)36-3)23(26(33)27(31)34)25(32)15-5-8-17(29)9-6-15/h5-14,24,32H,4H2,1-3H3/t24-/m1/s1. The van der Waals surface area contributed by atoms with E-state index in [-0.39, 0.29) is 11.3 Å². The molecule has 1 atom stereocenters. The molecule has 0 spiro atoms. The molecule has 3 aromatic carbocycles. The van der Waals surface area contributed by atoms with Gasteiger partial charge in [-0.25, -0.2) is 4.98 Å². The second-order valence-corrected chi connectivity index (χ2v) is 9.79. The number of Topliss-reactive ketones (excluding diaryl/α,β-unsaturated/α-hetero) is 1. The number of carbonyl (C=O) groups excluding carboxylic acids is 2. The third kappa shape index (κ3) is 4.44. The summed E-state index contributed by atoms with van der Waals surface area (Å²) < 4.78 is 17.2. The van der Waals surface area contributed by atoms with Crippen LogP contribution in [0.4, 0.5) is 5.13 Å². The van der Waals surface area contributed by atoms with E-state index >= 15 is 0 Å². The number of fused-ring (bicyclic) bond motifs is 1. The van der Waals surface area contributed by atoms with E-state index in [1.54, 1.807) is 54.6 Å². The van der Waals surface area contributed by atoms with Crippen molar-refractivity contribution in [3.05, 3.63) is 82.4 Å². The number of amides is 1. The van der Waals surface area contributed by atoms with Gasteiger partial charge in [0.1, 0.15) is 11.5 Å². The number of halogens is 1. The lowest BCUT2D eigenvalue weighted by Crippen LogP contribution is -2.29. The van der Waals surface area contributed by atoms with Crippen molar-refractivity contribution in [2.75, 3.05) is 25.7 Å². The second-order valence-electron chi connectivity index (χ2n) is 8.35. The minimum absolute atomic E-state index is 0.0706. The Morgan fingerprint density at radius 2 is 1.76 bits per heavy atom. The molecule has 1 N–H and O–H groups in total. The van der Waals surface area contributed by atoms with Gasteiger partial charge in [-0.1, -0.05) is 29.0 Å². The van der Waals surface area contributed by atoms with Crippen LogP contribution in [0.15, 0.2) is 66.2 Å². The minimum atomic E-state index is -0.975. The van der Waals surface area contributed by atoms with Crippen molar-refractivity contribution in [2.45, 2.75) is 13.0 Å². The second kappa shape index (κ2) is 10.4. The fraction of sp³-hybridized carbons (Fsp3) is 0.179. The number of rotatable bonds is 7. The molecule has 1 aliphatic rings. The molecular weight excluding hydrogens is 528 g/mol. The van der Waals surface area contributed by atoms with E-state index in [2.05, 4.69) is 4.98 Å². The van der Waals surface area contributed by atoms with Gasteiger partial charge in [-0.15, -0.1) is 0 Å². The number of ether oxygens (including phenoxy) is 3. The summed E-state index contributed by atoms with van der Waals surface area (Å²) in [6.07, 6.45) is 0. The largest absolute Gasteiger partial charge is 0.507 e. The Morgan fingerprint density at radius 1 is 1.03 bits per heavy atom. The van der Waals surface area contributed by atoms with Gasteiger partial charge >= 0.3 is 5.91 Å². The average molecular weight is 551 g/mol. The average Bonchev–Trinajstić information content (AvgIpc) is 3.46. The molecule has 2 heterocycles. The van der Waals surface area contributed by atoms with Gasteiger partial charge in [-0.05, 0) is 67.1 Å². The first-order valence-corrected chi connectivity index (χ1v) is 12.9. The zero-order valence-electron chi connectivity index (χ0n) is 20.7. The summed E-state index contributed by atoms with van der Waals surface area (Å²) in [5.74, 6) is -0.378. The Balaban J connectivity index is 1.71. The number of ketones is 1. The Morgan fingerprint density at radius 3 is 2.45 bits per heavy atom. The van der Waals surface area contributed by atoms with Crippen LogP contribution in [0.5, 0.6) is 17.2 Å². The van der Waals surface area contributed by atoms with Crippen LogP contribution >= 0.6 is 22.9 Å². The summed E-state index contributed by atoms with van der Waals surface area (Å²) >= 11 is 7.27. The van der Waals surface area contributed by atoms with Gasteiger partial charge in [-0.3, -0.25) is 14.5 Å². The topological polar surface area (TPSA) is 98.2 Å². The highest BCUT2D eigenvalue weighted by atomic mass is 35.5. The maximum atomic E-state index is 13.5. The highest BCUT2D eigenvalue weighted by Gasteiger charge is 2.48. The first-order valence-electron chi connectivity index (χ1n) is 11.7. The number of methoxy groups -OCH3 is 2. The number of hydrogen-bond acceptors (Lipinski definition) is 8. The Hall–Kier alpha value is -4.08. The Labute approximate surface area is 227 Å². The van der Waals surface area contributed by atoms with E-state index in [1.807, 2.05) is 13.0 Å². The molecule has 1 aliphatic heterocycles. The van der Waals surface area contributed by atoms with Crippen molar-refractivity contribution in [1.29, 1.82) is 0 Å². The summed E-state index contributed by atoms with van der Waals surface area (Å²) in [5, 5.41) is 12.1. The zero-order chi connectivity index (χ0) is 27.0. The molecule has 10 heteroatoms. The number of thiazole rings is 1. The normalized spacial score (nSPS) is 16.7. The van der Waals surface area contributed by atoms with Gasteiger partial charge in [0.15, 0.2) is 16.6 Å². The fourth-order valence-corrected chi connectivity index (χ4v) is 5.53. The molecule has 0 aliphatic carbocycles. The van der Waals surface area contributed by atoms with Crippen LogP contribution < -0.4 is 19.1 Å². The van der Waals surface area contributed by atoms with Crippen LogP contribution in [0.3, 0.4) is 0 Å². The van der Waals surface area contributed by atoms with Gasteiger partial charge in [0.05, 0.1) is 42.7 Å². The molecule has 4 aromatic rings. The highest BCUT2D eigenvalue weighted by molar-refractivity contribution is 7.22. The van der Waals surface area contributed by atoms with E-state index in [0.29, 0.717) is 50.7 Å². The highest BCUT2D eigenvalue weighted by Crippen LogP contribution is 2.46. The van der Waals surface area contributed by atoms with Crippen molar-refractivity contribution in [3.63, 3.8) is 0 Å². The van der Waals surface area contributed by atoms with Crippen molar-refractivity contribution in [2.24, 2.45) is 0 Å². The van der Waals surface area contributed by atoms with Crippen LogP contribution in [0.25, 0.3) is 16.0 Å². The van der Waals surface area contributed by atoms with E-state index in [1.165, 1.54) is 30.5 Å². The Kier molecular flexibility index (Phi) is 6.96. The lowest BCUT2D eigenvalue weighted by Gasteiger charge is -2.23. The summed E-state index contributed by atoms with van der Waals surface area (Å²) in [5.41, 5.74) is 1.47. The molecule has 0 saturated carbocycles. The predicted octanol–water partition coefficient (Wildman–Crippen LogP) is 5.99. The maximum Gasteiger partial charge on any atom is 0.301 e. The van der Waals surface area contributed by atoms with Gasteiger partial charge in [0.2, 0.25) is 0 Å². The number of nitrogens with zero attached hydrogens (tertiary/aromatic N) is 2. The molecule has 1 saturated heterocycles. The first kappa shape index (κ1) is 25.6. The number of aromatic nitrogens is 1. The fourth-order valence-electron chi connectivity index (χ4n) is 4.38. The van der Waals surface area contributed by atoms with Crippen LogP contribution in [0, 0.1) is 0 Å². The van der Waals surface area contributed by atoms with Crippen molar-refractivity contribution >= 4 is 55.7 Å². The van der Waals surface area contributed by atoms with E-state index in [9.17, 15) is 14.7 Å². The van der Waals surface area contributed by atoms with E-state index in [4.69, 9.17) is 25.8 Å². The van der Waals surface area contributed by atoms with E-state index < -0.39 is 17.7 Å². The third-order valence-electron chi connectivity index (χ3n) is 6.15. The van der Waals surface area contributed by atoms with Gasteiger partial charge in [0.25, 0.3) is 5.78 Å². The van der Waals surface area contributed by atoms with E-state index in [0.717, 1.165) is 4.70 Å². The predicted molar refractivity (Wildman–Crippen MR) is 147 cm³/mol. The molecule has 38 heavy (non-hydrogen) atoms. The quantitative estimate of drug-likeness (QED) is 0.171. The lowest BCUT2D eigenvalue weighted by atomic mass is 9.95. The molecule has 0 unspecified atom stereocenters. The van der Waals surface area contributed by atoms with Gasteiger partial charge in [0, 0.05) is 10.6 Å². The van der Waals surface area contributed by atoms with Crippen LogP contribution in [0.2, 0.25) is 5.02 Å². The number of carbonyl (C=O) groups is 2. The zero-order valence-corrected chi connectivity index (χ0v) is 22.3. The molecule has 8 nitrogen and oxygen atoms in total. The molecular formula is C28H23ClN2O6S. The van der Waals surface area contributed by atoms with Crippen molar-refractivity contribution in [1.82, 2.24) is 4.98 Å². The number of aliphatic hydroxyl groups is 1. The molecule has 1 aromatic heterocycles. The monoisotopic (exact) mass is 550 g/mol. The summed E-state index contributed by atoms with van der Waals surface area (Å²) in [6.45, 7) is 2.40. The maximum absolute atomic E-state index is 13.5. The number of aliphatic hydroxyl groups excluding tert-OH is 1. The molecule has 5 rings (SSSR count). The molecule has 0 radical (unpaired) electrons. The molecule has 1 amide bonds. The Bertz CT molecular complexity index is 1580. The van der Waals surface area contributed by atoms with Crippen molar-refractivity contribution in [3.8, 4) is 17.2 Å². The lowest BCUT2D eigenvalue weighted by molar-refractivity contribution is -0.132. The SMILES string of the molecule is CCOc1ccc2nc(N3C(=O)C(=O)C(=C(O)c4ccc(Cl)cc4)[C@H]3c3ccc(OC)c(OC)c3)sc2c1. The number of anilines is 1. The summed E-state index contributed by atoms with van der Waals surface area (Å²) in [6, 6.07) is 15.9. The van der Waals surface area contributed by atoms with Crippen LogP contribution in [-0.4, -0.2) is 42.6 Å². The van der Waals surface area contributed by atoms with Crippen LogP contribution in [0.1, 0.15) is 24.1 Å². The summed E-state index contributed by atoms with van der Waals surface area (Å²) in [4.78, 5) is 32.9. The van der Waals surface area contributed by atoms with Crippen molar-refractivity contribution < 1.29 is 28.9 Å². The minimum Gasteiger partial charge on any atom is -0.507 e. The number of benzene rings is 3. The molecule has 1 fully saturated rings. The summed E-state index contributed by atoms with van der Waals surface area (Å²) in [7, 11) is 3.01. The third-order valence-corrected chi connectivity index (χ3v) is 7.42. The molecule has 194 valence electrons. The first-order chi connectivity index (χ1) is 18.4. The van der Waals surface area contributed by atoms with Gasteiger partial charge < -0.3 is 19.3 Å². The van der Waals surface area contributed by atoms with Gasteiger partial charge in [-0.2, -0.15) is 0 Å². The molecule has 0 bridgehead atoms. The van der Waals surface area contributed by atoms with Crippen LogP contribution in [-0.2, 0) is 9.59 Å². The number of hydrogen-bond donors (Lipinski definition) is 1. The smallest absolute Gasteiger partial charge is 0.301 e.